The van der Waals surface area contributed by atoms with Crippen molar-refractivity contribution in [3.8, 4) is 11.8 Å². The molecule has 1 N–H and O–H groups in total. The summed E-state index contributed by atoms with van der Waals surface area (Å²) in [5, 5.41) is 12.3. The fourth-order valence-corrected chi connectivity index (χ4v) is 1.94. The van der Waals surface area contributed by atoms with E-state index in [0.29, 0.717) is 12.1 Å². The number of hydrogen-bond acceptors (Lipinski definition) is 3. The monoisotopic (exact) mass is 252 g/mol. The highest BCUT2D eigenvalue weighted by Crippen LogP contribution is 2.21. The second-order valence-corrected chi connectivity index (χ2v) is 4.36. The van der Waals surface area contributed by atoms with Crippen LogP contribution in [0.4, 0.5) is 5.69 Å². The van der Waals surface area contributed by atoms with Gasteiger partial charge >= 0.3 is 0 Å². The molecule has 2 aromatic carbocycles. The quantitative estimate of drug-likeness (QED) is 0.906. The van der Waals surface area contributed by atoms with Gasteiger partial charge in [0.15, 0.2) is 0 Å². The van der Waals surface area contributed by atoms with Crippen LogP contribution in [0.15, 0.2) is 42.5 Å². The Hall–Kier alpha value is -2.47. The summed E-state index contributed by atoms with van der Waals surface area (Å²) in [5.74, 6) is 0.791. The first-order chi connectivity index (χ1) is 9.22. The zero-order valence-electron chi connectivity index (χ0n) is 11.1. The first-order valence-corrected chi connectivity index (χ1v) is 6.10. The number of anilines is 1. The number of aryl methyl sites for hydroxylation is 1. The summed E-state index contributed by atoms with van der Waals surface area (Å²) in [6.07, 6.45) is 0. The maximum Gasteiger partial charge on any atom is 0.123 e. The second-order valence-electron chi connectivity index (χ2n) is 4.36. The molecule has 0 fully saturated rings. The lowest BCUT2D eigenvalue weighted by atomic mass is 10.1. The summed E-state index contributed by atoms with van der Waals surface area (Å²) in [6.45, 7) is 2.68. The van der Waals surface area contributed by atoms with Crippen molar-refractivity contribution in [1.82, 2.24) is 0 Å². The number of nitrogens with one attached hydrogen (secondary N) is 1. The highest BCUT2D eigenvalue weighted by Gasteiger charge is 2.04. The van der Waals surface area contributed by atoms with E-state index >= 15 is 0 Å². The van der Waals surface area contributed by atoms with E-state index in [2.05, 4.69) is 30.4 Å². The Bertz CT molecular complexity index is 614. The zero-order valence-corrected chi connectivity index (χ0v) is 11.1. The van der Waals surface area contributed by atoms with Crippen molar-refractivity contribution in [2.24, 2.45) is 0 Å². The third-order valence-corrected chi connectivity index (χ3v) is 2.91. The van der Waals surface area contributed by atoms with E-state index in [1.165, 1.54) is 5.56 Å². The summed E-state index contributed by atoms with van der Waals surface area (Å²) in [5.41, 5.74) is 3.89. The summed E-state index contributed by atoms with van der Waals surface area (Å²) in [6, 6.07) is 15.8. The Morgan fingerprint density at radius 3 is 2.74 bits per heavy atom. The van der Waals surface area contributed by atoms with E-state index in [1.807, 2.05) is 24.3 Å². The van der Waals surface area contributed by atoms with Crippen LogP contribution in [0.1, 0.15) is 16.7 Å². The van der Waals surface area contributed by atoms with Crippen molar-refractivity contribution in [1.29, 1.82) is 5.26 Å². The Morgan fingerprint density at radius 2 is 2.05 bits per heavy atom. The number of nitrogens with zero attached hydrogens (tertiary/aromatic N) is 1. The van der Waals surface area contributed by atoms with Crippen LogP contribution >= 0.6 is 0 Å². The lowest BCUT2D eigenvalue weighted by molar-refractivity contribution is 0.410. The van der Waals surface area contributed by atoms with Crippen molar-refractivity contribution in [3.63, 3.8) is 0 Å². The molecule has 2 rings (SSSR count). The maximum absolute atomic E-state index is 8.94. The first-order valence-electron chi connectivity index (χ1n) is 6.10. The molecule has 0 aliphatic heterocycles. The summed E-state index contributed by atoms with van der Waals surface area (Å²) in [4.78, 5) is 0. The molecule has 0 heterocycles. The molecule has 0 saturated heterocycles. The fraction of sp³-hybridized carbons (Fsp3) is 0.188. The van der Waals surface area contributed by atoms with Crippen LogP contribution < -0.4 is 10.1 Å². The van der Waals surface area contributed by atoms with Crippen molar-refractivity contribution >= 4 is 5.69 Å². The van der Waals surface area contributed by atoms with Gasteiger partial charge in [-0.2, -0.15) is 5.26 Å². The number of hydrogen-bond donors (Lipinski definition) is 1. The highest BCUT2D eigenvalue weighted by atomic mass is 16.5. The Morgan fingerprint density at radius 1 is 1.21 bits per heavy atom. The SMILES string of the molecule is COc1ccc(C#N)cc1CNc1cccc(C)c1. The van der Waals surface area contributed by atoms with Crippen LogP contribution in [0, 0.1) is 18.3 Å². The van der Waals surface area contributed by atoms with E-state index < -0.39 is 0 Å². The zero-order chi connectivity index (χ0) is 13.7. The maximum atomic E-state index is 8.94. The standard InChI is InChI=1S/C16H16N2O/c1-12-4-3-5-15(8-12)18-11-14-9-13(10-17)6-7-16(14)19-2/h3-9,18H,11H2,1-2H3. The molecule has 0 amide bonds. The van der Waals surface area contributed by atoms with E-state index in [4.69, 9.17) is 10.00 Å². The van der Waals surface area contributed by atoms with Crippen molar-refractivity contribution in [2.45, 2.75) is 13.5 Å². The normalized spacial score (nSPS) is 9.74. The molecule has 0 aliphatic carbocycles. The Labute approximate surface area is 113 Å². The predicted octanol–water partition coefficient (Wildman–Crippen LogP) is 3.49. The van der Waals surface area contributed by atoms with Crippen LogP contribution in [0.5, 0.6) is 5.75 Å². The minimum absolute atomic E-state index is 0.627. The number of nitriles is 1. The fourth-order valence-electron chi connectivity index (χ4n) is 1.94. The van der Waals surface area contributed by atoms with Gasteiger partial charge in [-0.3, -0.25) is 0 Å². The van der Waals surface area contributed by atoms with Gasteiger partial charge in [-0.05, 0) is 42.8 Å². The topological polar surface area (TPSA) is 45.0 Å². The molecular weight excluding hydrogens is 236 g/mol. The molecule has 0 atom stereocenters. The number of ether oxygens (including phenoxy) is 1. The molecule has 3 heteroatoms. The first kappa shape index (κ1) is 13.0. The number of benzene rings is 2. The van der Waals surface area contributed by atoms with Crippen molar-refractivity contribution < 1.29 is 4.74 Å². The van der Waals surface area contributed by atoms with Gasteiger partial charge in [-0.1, -0.05) is 12.1 Å². The van der Waals surface area contributed by atoms with Gasteiger partial charge < -0.3 is 10.1 Å². The van der Waals surface area contributed by atoms with Crippen molar-refractivity contribution in [3.05, 3.63) is 59.2 Å². The molecule has 0 aliphatic rings. The molecule has 19 heavy (non-hydrogen) atoms. The van der Waals surface area contributed by atoms with E-state index in [9.17, 15) is 0 Å². The van der Waals surface area contributed by atoms with Gasteiger partial charge in [0.05, 0.1) is 18.7 Å². The van der Waals surface area contributed by atoms with E-state index in [0.717, 1.165) is 17.0 Å². The third-order valence-electron chi connectivity index (χ3n) is 2.91. The molecule has 0 aromatic heterocycles. The lowest BCUT2D eigenvalue weighted by Gasteiger charge is -2.11. The minimum Gasteiger partial charge on any atom is -0.496 e. The van der Waals surface area contributed by atoms with Crippen LogP contribution in [-0.2, 0) is 6.54 Å². The predicted molar refractivity (Wildman–Crippen MR) is 76.2 cm³/mol. The molecule has 0 saturated carbocycles. The molecule has 0 radical (unpaired) electrons. The minimum atomic E-state index is 0.627. The molecule has 2 aromatic rings. The van der Waals surface area contributed by atoms with Gasteiger partial charge in [-0.25, -0.2) is 0 Å². The third kappa shape index (κ3) is 3.26. The largest absolute Gasteiger partial charge is 0.496 e. The van der Waals surface area contributed by atoms with E-state index in [1.54, 1.807) is 13.2 Å². The van der Waals surface area contributed by atoms with Gasteiger partial charge in [0.2, 0.25) is 0 Å². The van der Waals surface area contributed by atoms with Gasteiger partial charge in [0, 0.05) is 17.8 Å². The van der Waals surface area contributed by atoms with Crippen molar-refractivity contribution in [2.75, 3.05) is 12.4 Å². The molecular formula is C16H16N2O. The lowest BCUT2D eigenvalue weighted by Crippen LogP contribution is -2.02. The molecule has 3 nitrogen and oxygen atoms in total. The second kappa shape index (κ2) is 5.92. The average Bonchev–Trinajstić information content (AvgIpc) is 2.45. The average molecular weight is 252 g/mol. The Kier molecular flexibility index (Phi) is 4.04. The Balaban J connectivity index is 2.16. The molecule has 96 valence electrons. The number of methoxy groups -OCH3 is 1. The van der Waals surface area contributed by atoms with E-state index in [-0.39, 0.29) is 0 Å². The smallest absolute Gasteiger partial charge is 0.123 e. The number of rotatable bonds is 4. The summed E-state index contributed by atoms with van der Waals surface area (Å²) >= 11 is 0. The molecule has 0 bridgehead atoms. The van der Waals surface area contributed by atoms with Gasteiger partial charge in [0.25, 0.3) is 0 Å². The summed E-state index contributed by atoms with van der Waals surface area (Å²) < 4.78 is 5.31. The van der Waals surface area contributed by atoms with Crippen LogP contribution in [0.3, 0.4) is 0 Å². The van der Waals surface area contributed by atoms with Gasteiger partial charge in [0.1, 0.15) is 5.75 Å². The summed E-state index contributed by atoms with van der Waals surface area (Å²) in [7, 11) is 1.64. The van der Waals surface area contributed by atoms with Crippen LogP contribution in [-0.4, -0.2) is 7.11 Å². The van der Waals surface area contributed by atoms with Crippen LogP contribution in [0.2, 0.25) is 0 Å². The highest BCUT2D eigenvalue weighted by molar-refractivity contribution is 5.48. The molecule has 0 unspecified atom stereocenters. The molecule has 0 spiro atoms. The van der Waals surface area contributed by atoms with Crippen LogP contribution in [0.25, 0.3) is 0 Å². The van der Waals surface area contributed by atoms with Gasteiger partial charge in [-0.15, -0.1) is 0 Å².